The zero-order valence-corrected chi connectivity index (χ0v) is 47.1. The Morgan fingerprint density at radius 2 is 1.45 bits per heavy atom. The van der Waals surface area contributed by atoms with E-state index in [4.69, 9.17) is 28.4 Å². The Balaban J connectivity index is 0.609. The van der Waals surface area contributed by atoms with Gasteiger partial charge in [-0.15, -0.1) is 0 Å². The molecule has 0 aromatic carbocycles. The lowest BCUT2D eigenvalue weighted by molar-refractivity contribution is -0.0808. The molecule has 4 heterocycles. The molecule has 0 bridgehead atoms. The Morgan fingerprint density at radius 1 is 0.603 bits per heavy atom. The van der Waals surface area contributed by atoms with E-state index in [-0.39, 0.29) is 42.7 Å². The van der Waals surface area contributed by atoms with Crippen molar-refractivity contribution in [2.45, 2.75) is 265 Å². The molecule has 0 spiro atoms. The lowest BCUT2D eigenvalue weighted by Crippen LogP contribution is -2.57. The lowest BCUT2D eigenvalue weighted by atomic mass is 9.23. The largest absolute Gasteiger partial charge is 0.496 e. The number of allylic oxidation sites excluding steroid dienone is 13. The fourth-order valence-electron chi connectivity index (χ4n) is 22.0. The van der Waals surface area contributed by atoms with Crippen LogP contribution in [0.15, 0.2) is 117 Å². The molecule has 0 aromatic heterocycles. The van der Waals surface area contributed by atoms with Crippen LogP contribution in [-0.2, 0) is 28.4 Å². The van der Waals surface area contributed by atoms with Gasteiger partial charge in [0, 0.05) is 43.2 Å². The van der Waals surface area contributed by atoms with Crippen LogP contribution in [0.4, 0.5) is 0 Å². The van der Waals surface area contributed by atoms with Gasteiger partial charge in [-0.2, -0.15) is 0 Å². The molecule has 8 heteroatoms. The van der Waals surface area contributed by atoms with E-state index in [0.717, 1.165) is 81.3 Å². The number of ether oxygens (including phenoxy) is 6. The van der Waals surface area contributed by atoms with Crippen LogP contribution in [0.25, 0.3) is 0 Å². The minimum absolute atomic E-state index is 0.0314. The highest BCUT2D eigenvalue weighted by Crippen LogP contribution is 2.61. The Morgan fingerprint density at radius 3 is 2.40 bits per heavy atom. The maximum Gasteiger partial charge on any atom is 0.202 e. The average Bonchev–Trinajstić information content (AvgIpc) is 3.94. The fourth-order valence-corrected chi connectivity index (χ4v) is 22.0. The van der Waals surface area contributed by atoms with Crippen LogP contribution < -0.4 is 0 Å². The molecule has 0 N–H and O–H groups in total. The molecule has 5 fully saturated rings. The summed E-state index contributed by atoms with van der Waals surface area (Å²) in [6.45, 7) is 1.05. The Labute approximate surface area is 468 Å². The van der Waals surface area contributed by atoms with Crippen molar-refractivity contribution in [1.82, 2.24) is 0 Å². The van der Waals surface area contributed by atoms with Crippen molar-refractivity contribution in [3.8, 4) is 0 Å². The molecule has 0 aromatic rings. The minimum Gasteiger partial charge on any atom is -0.496 e. The van der Waals surface area contributed by atoms with Crippen molar-refractivity contribution < 1.29 is 28.4 Å². The quantitative estimate of drug-likeness (QED) is 0.187. The molecule has 2 saturated carbocycles. The third-order valence-electron chi connectivity index (χ3n) is 25.1. The van der Waals surface area contributed by atoms with Gasteiger partial charge in [-0.1, -0.05) is 102 Å². The topological polar surface area (TPSA) is 55.4 Å². The highest BCUT2D eigenvalue weighted by atomic mass is 16.5. The molecule has 17 rings (SSSR count). The first-order valence-corrected chi connectivity index (χ1v) is 33.6. The first-order valence-electron chi connectivity index (χ1n) is 33.6. The second kappa shape index (κ2) is 20.2. The second-order valence-electron chi connectivity index (χ2n) is 29.0. The van der Waals surface area contributed by atoms with Crippen molar-refractivity contribution in [3.63, 3.8) is 0 Å². The van der Waals surface area contributed by atoms with E-state index in [1.54, 1.807) is 5.47 Å². The maximum atomic E-state index is 7.45. The predicted molar refractivity (Wildman–Crippen MR) is 311 cm³/mol. The summed E-state index contributed by atoms with van der Waals surface area (Å²) in [7, 11) is 0. The summed E-state index contributed by atoms with van der Waals surface area (Å²) >= 11 is 0. The Hall–Kier alpha value is -3.35. The molecule has 17 aliphatic rings. The molecule has 6 nitrogen and oxygen atoms in total. The van der Waals surface area contributed by atoms with Gasteiger partial charge in [-0.25, -0.2) is 0 Å². The second-order valence-corrected chi connectivity index (χ2v) is 29.0. The van der Waals surface area contributed by atoms with Crippen LogP contribution in [0.5, 0.6) is 0 Å². The fraction of sp³-hybridized carbons (Fsp3) is 0.714. The molecule has 19 unspecified atom stereocenters. The van der Waals surface area contributed by atoms with Crippen LogP contribution in [0.1, 0.15) is 193 Å². The minimum atomic E-state index is -0.0440. The van der Waals surface area contributed by atoms with Gasteiger partial charge in [-0.3, -0.25) is 0 Å². The van der Waals surface area contributed by atoms with E-state index in [0.29, 0.717) is 72.4 Å². The van der Waals surface area contributed by atoms with E-state index >= 15 is 0 Å². The Kier molecular flexibility index (Phi) is 12.8. The molecule has 13 aliphatic carbocycles. The zero-order chi connectivity index (χ0) is 51.0. The maximum absolute atomic E-state index is 7.45. The molecule has 3 saturated heterocycles. The highest BCUT2D eigenvalue weighted by Gasteiger charge is 2.60. The number of rotatable bonds is 7. The van der Waals surface area contributed by atoms with Crippen LogP contribution in [0.3, 0.4) is 0 Å². The third-order valence-corrected chi connectivity index (χ3v) is 25.1. The first kappa shape index (κ1) is 49.3. The summed E-state index contributed by atoms with van der Waals surface area (Å²) in [4.78, 5) is 0. The molecule has 20 atom stereocenters. The van der Waals surface area contributed by atoms with Crippen molar-refractivity contribution in [2.24, 2.45) is 47.3 Å². The molecule has 412 valence electrons. The molecule has 78 heavy (non-hydrogen) atoms. The standard InChI is InChI=1S/C70H90B2O6/c1-2-17-48-42(14-1)34-55(52-21-6-3-18-49(48)52)43-29-31-60-64(35-43)78-68-40-47(38-66-70(68)72(60)58-25-10-12-27-62(58)76-66)74-45-16-13-15-44(36-45)73-46-37-65-69-67(39-46)77-63-33-41(28-30-59(63)71(69)57-24-9-11-26-61(57)75-65)32-56-53-22-7-4-19-50(53)51-20-5-8-23-54(51)56/h4,7,10,19,22,25,30,35-36,39,41-43,45-48,50,53,55-58,60-63,65,68-69H,1-3,5-6,8-9,11-18,20-21,23-24,26-29,31-34,37-38,40H2/t41?,42?,43?,45?,46?,47?,48?,50?,53?,55?,56?,57?,58?,60?,61-,62?,63?,65?,68?,69?/m0/s1. The normalized spacial score (nSPS) is 45.5. The smallest absolute Gasteiger partial charge is 0.202 e. The molecular weight excluding hydrogens is 958 g/mol. The van der Waals surface area contributed by atoms with Crippen LogP contribution >= 0.6 is 0 Å². The Bertz CT molecular complexity index is 2720. The summed E-state index contributed by atoms with van der Waals surface area (Å²) in [5.41, 5.74) is 10.7. The number of fused-ring (bicyclic) bond motifs is 12. The SMILES string of the molecule is C1=CC2C3=C(CCCC3)C(CC3CC=C4B5C6C(=CC(OC7=CC(OC8CC9=C%10B(C%11CCC(C%12CC%13CCCCC%13C%13=C%12CCCC%13)C=C%11OC%10C8)C8C=CCCC8O9)CCC7)CC6O[C@H]6CCCCC56)OC4C3)C2C=C1. The van der Waals surface area contributed by atoms with Gasteiger partial charge in [0.1, 0.15) is 18.3 Å². The first-order chi connectivity index (χ1) is 38.6. The van der Waals surface area contributed by atoms with Crippen LogP contribution in [-0.4, -0.2) is 62.3 Å². The predicted octanol–water partition coefficient (Wildman–Crippen LogP) is 16.5. The van der Waals surface area contributed by atoms with Gasteiger partial charge in [0.2, 0.25) is 6.71 Å². The van der Waals surface area contributed by atoms with Gasteiger partial charge in [0.15, 0.2) is 6.71 Å². The van der Waals surface area contributed by atoms with Crippen LogP contribution in [0, 0.1) is 47.3 Å². The monoisotopic (exact) mass is 1050 g/mol. The molecular formula is C70H90B2O6. The van der Waals surface area contributed by atoms with Gasteiger partial charge < -0.3 is 28.4 Å². The summed E-state index contributed by atoms with van der Waals surface area (Å²) in [6.07, 6.45) is 63.9. The van der Waals surface area contributed by atoms with E-state index in [1.807, 2.05) is 22.3 Å². The third kappa shape index (κ3) is 8.41. The van der Waals surface area contributed by atoms with E-state index in [1.165, 1.54) is 158 Å². The van der Waals surface area contributed by atoms with Crippen LogP contribution in [0.2, 0.25) is 23.3 Å². The van der Waals surface area contributed by atoms with Crippen molar-refractivity contribution in [2.75, 3.05) is 0 Å². The van der Waals surface area contributed by atoms with Gasteiger partial charge in [-0.05, 0) is 212 Å². The number of hydrogen-bond acceptors (Lipinski definition) is 6. The van der Waals surface area contributed by atoms with Gasteiger partial charge in [0.05, 0.1) is 53.6 Å². The zero-order valence-electron chi connectivity index (χ0n) is 47.1. The summed E-state index contributed by atoms with van der Waals surface area (Å²) in [5.74, 6) is 12.6. The van der Waals surface area contributed by atoms with Crippen molar-refractivity contribution >= 4 is 13.4 Å². The lowest BCUT2D eigenvalue weighted by Gasteiger charge is -2.55. The van der Waals surface area contributed by atoms with E-state index in [9.17, 15) is 0 Å². The van der Waals surface area contributed by atoms with Gasteiger partial charge >= 0.3 is 0 Å². The van der Waals surface area contributed by atoms with E-state index < -0.39 is 0 Å². The van der Waals surface area contributed by atoms with Crippen molar-refractivity contribution in [3.05, 3.63) is 117 Å². The summed E-state index contributed by atoms with van der Waals surface area (Å²) in [6, 6.07) is 0. The van der Waals surface area contributed by atoms with E-state index in [2.05, 4.69) is 60.8 Å². The summed E-state index contributed by atoms with van der Waals surface area (Å²) < 4.78 is 43.8. The van der Waals surface area contributed by atoms with Gasteiger partial charge in [0.25, 0.3) is 0 Å². The highest BCUT2D eigenvalue weighted by molar-refractivity contribution is 6.72. The molecule has 0 radical (unpaired) electrons. The molecule has 4 aliphatic heterocycles. The summed E-state index contributed by atoms with van der Waals surface area (Å²) in [5, 5.41) is 0. The van der Waals surface area contributed by atoms with Crippen molar-refractivity contribution in [1.29, 1.82) is 0 Å². The average molecular weight is 1050 g/mol. The molecule has 0 amide bonds. The number of hydrogen-bond donors (Lipinski definition) is 0.